The van der Waals surface area contributed by atoms with Crippen LogP contribution in [0.15, 0.2) is 48.5 Å². The van der Waals surface area contributed by atoms with Crippen LogP contribution < -0.4 is 0 Å². The molecule has 110 valence electrons. The first kappa shape index (κ1) is 15.9. The number of rotatable bonds is 4. The Labute approximate surface area is 134 Å². The van der Waals surface area contributed by atoms with Crippen molar-refractivity contribution in [3.63, 3.8) is 0 Å². The zero-order chi connectivity index (χ0) is 15.6. The molecule has 0 spiro atoms. The Hall–Kier alpha value is -2.44. The summed E-state index contributed by atoms with van der Waals surface area (Å²) in [6, 6.07) is 16.8. The van der Waals surface area contributed by atoms with Gasteiger partial charge in [-0.3, -0.25) is 0 Å². The van der Waals surface area contributed by atoms with E-state index in [4.69, 9.17) is 0 Å². The van der Waals surface area contributed by atoms with E-state index in [1.807, 2.05) is 0 Å². The first-order valence-corrected chi connectivity index (χ1v) is 8.01. The monoisotopic (exact) mass is 286 g/mol. The summed E-state index contributed by atoms with van der Waals surface area (Å²) >= 11 is 0. The highest BCUT2D eigenvalue weighted by molar-refractivity contribution is 5.45. The summed E-state index contributed by atoms with van der Waals surface area (Å²) in [6.07, 6.45) is 4.68. The second kappa shape index (κ2) is 8.76. The molecule has 0 amide bonds. The zero-order valence-electron chi connectivity index (χ0n) is 13.4. The first-order chi connectivity index (χ1) is 10.8. The molecule has 2 rings (SSSR count). The standard InChI is InChI=1S/C22H22/c1-3-5-8-20-15-17-22(18-16-20)10-7-6-9-21-13-11-19(4-2)12-14-21/h11-18H,3-5,8H2,1-2H3. The zero-order valence-corrected chi connectivity index (χ0v) is 13.4. The van der Waals surface area contributed by atoms with Gasteiger partial charge in [-0.15, -0.1) is 0 Å². The van der Waals surface area contributed by atoms with Gasteiger partial charge < -0.3 is 0 Å². The fourth-order valence-corrected chi connectivity index (χ4v) is 2.17. The maximum atomic E-state index is 3.10. The largest absolute Gasteiger partial charge is 0.0654 e. The molecule has 22 heavy (non-hydrogen) atoms. The fourth-order valence-electron chi connectivity index (χ4n) is 2.17. The van der Waals surface area contributed by atoms with Crippen molar-refractivity contribution < 1.29 is 0 Å². The molecule has 0 aliphatic carbocycles. The molecule has 0 nitrogen and oxygen atoms in total. The highest BCUT2D eigenvalue weighted by atomic mass is 14.0. The maximum Gasteiger partial charge on any atom is 0.0255 e. The van der Waals surface area contributed by atoms with Gasteiger partial charge in [-0.2, -0.15) is 0 Å². The van der Waals surface area contributed by atoms with Gasteiger partial charge in [-0.05, 0) is 66.5 Å². The molecule has 0 aliphatic rings. The second-order valence-corrected chi connectivity index (χ2v) is 5.35. The Morgan fingerprint density at radius 1 is 0.682 bits per heavy atom. The Bertz CT molecular complexity index is 695. The number of aryl methyl sites for hydroxylation is 2. The lowest BCUT2D eigenvalue weighted by Crippen LogP contribution is -1.84. The lowest BCUT2D eigenvalue weighted by molar-refractivity contribution is 0.795. The molecular formula is C22H22. The minimum absolute atomic E-state index is 1.02. The summed E-state index contributed by atoms with van der Waals surface area (Å²) in [7, 11) is 0. The van der Waals surface area contributed by atoms with Crippen LogP contribution in [-0.4, -0.2) is 0 Å². The van der Waals surface area contributed by atoms with Crippen LogP contribution in [0.3, 0.4) is 0 Å². The van der Waals surface area contributed by atoms with Crippen LogP contribution in [0.4, 0.5) is 0 Å². The van der Waals surface area contributed by atoms with Crippen molar-refractivity contribution in [2.45, 2.75) is 39.5 Å². The van der Waals surface area contributed by atoms with Gasteiger partial charge in [0.25, 0.3) is 0 Å². The second-order valence-electron chi connectivity index (χ2n) is 5.35. The molecule has 0 aliphatic heterocycles. The molecule has 0 bridgehead atoms. The molecule has 0 atom stereocenters. The van der Waals surface area contributed by atoms with Crippen LogP contribution in [0.5, 0.6) is 0 Å². The van der Waals surface area contributed by atoms with Gasteiger partial charge >= 0.3 is 0 Å². The predicted octanol–water partition coefficient (Wildman–Crippen LogP) is 4.99. The van der Waals surface area contributed by atoms with E-state index in [1.54, 1.807) is 0 Å². The van der Waals surface area contributed by atoms with Crippen molar-refractivity contribution in [2.24, 2.45) is 0 Å². The van der Waals surface area contributed by atoms with Crippen LogP contribution in [-0.2, 0) is 12.8 Å². The lowest BCUT2D eigenvalue weighted by atomic mass is 10.1. The number of benzene rings is 2. The quantitative estimate of drug-likeness (QED) is 0.694. The van der Waals surface area contributed by atoms with E-state index in [1.165, 1.54) is 24.0 Å². The van der Waals surface area contributed by atoms with Crippen LogP contribution in [0.2, 0.25) is 0 Å². The summed E-state index contributed by atoms with van der Waals surface area (Å²) in [5.74, 6) is 12.0. The Morgan fingerprint density at radius 2 is 1.18 bits per heavy atom. The van der Waals surface area contributed by atoms with Crippen molar-refractivity contribution in [3.05, 3.63) is 70.8 Å². The van der Waals surface area contributed by atoms with Crippen LogP contribution in [0, 0.1) is 23.7 Å². The topological polar surface area (TPSA) is 0 Å². The van der Waals surface area contributed by atoms with E-state index in [-0.39, 0.29) is 0 Å². The highest BCUT2D eigenvalue weighted by Crippen LogP contribution is 2.07. The van der Waals surface area contributed by atoms with Crippen molar-refractivity contribution >= 4 is 0 Å². The van der Waals surface area contributed by atoms with E-state index in [9.17, 15) is 0 Å². The van der Waals surface area contributed by atoms with Crippen LogP contribution >= 0.6 is 0 Å². The molecule has 0 heterocycles. The maximum absolute atomic E-state index is 3.10. The van der Waals surface area contributed by atoms with Crippen molar-refractivity contribution in [1.29, 1.82) is 0 Å². The number of hydrogen-bond acceptors (Lipinski definition) is 0. The van der Waals surface area contributed by atoms with Crippen LogP contribution in [0.1, 0.15) is 48.9 Å². The summed E-state index contributed by atoms with van der Waals surface area (Å²) in [5.41, 5.74) is 4.76. The molecular weight excluding hydrogens is 264 g/mol. The van der Waals surface area contributed by atoms with Gasteiger partial charge in [0.2, 0.25) is 0 Å². The average Bonchev–Trinajstić information content (AvgIpc) is 2.58. The molecule has 0 saturated heterocycles. The minimum atomic E-state index is 1.02. The molecule has 0 fully saturated rings. The molecule has 2 aromatic carbocycles. The summed E-state index contributed by atoms with van der Waals surface area (Å²) in [6.45, 7) is 4.37. The third-order valence-corrected chi connectivity index (χ3v) is 3.61. The molecule has 0 unspecified atom stereocenters. The summed E-state index contributed by atoms with van der Waals surface area (Å²) in [5, 5.41) is 0. The average molecular weight is 286 g/mol. The van der Waals surface area contributed by atoms with Crippen molar-refractivity contribution in [1.82, 2.24) is 0 Å². The van der Waals surface area contributed by atoms with E-state index < -0.39 is 0 Å². The molecule has 0 aromatic heterocycles. The molecule has 0 heteroatoms. The predicted molar refractivity (Wildman–Crippen MR) is 94.6 cm³/mol. The number of hydrogen-bond donors (Lipinski definition) is 0. The van der Waals surface area contributed by atoms with E-state index in [2.05, 4.69) is 86.1 Å². The lowest BCUT2D eigenvalue weighted by Gasteiger charge is -1.98. The molecule has 2 aromatic rings. The molecule has 0 saturated carbocycles. The Morgan fingerprint density at radius 3 is 1.64 bits per heavy atom. The summed E-state index contributed by atoms with van der Waals surface area (Å²) < 4.78 is 0. The van der Waals surface area contributed by atoms with Gasteiger partial charge in [0.15, 0.2) is 0 Å². The Balaban J connectivity index is 1.97. The van der Waals surface area contributed by atoms with Gasteiger partial charge in [0.1, 0.15) is 0 Å². The molecule has 0 radical (unpaired) electrons. The minimum Gasteiger partial charge on any atom is -0.0654 e. The van der Waals surface area contributed by atoms with Gasteiger partial charge in [0.05, 0.1) is 0 Å². The van der Waals surface area contributed by atoms with Crippen molar-refractivity contribution in [2.75, 3.05) is 0 Å². The van der Waals surface area contributed by atoms with Gasteiger partial charge in [-0.25, -0.2) is 0 Å². The smallest absolute Gasteiger partial charge is 0.0255 e. The van der Waals surface area contributed by atoms with E-state index >= 15 is 0 Å². The fraction of sp³-hybridized carbons (Fsp3) is 0.273. The third-order valence-electron chi connectivity index (χ3n) is 3.61. The van der Waals surface area contributed by atoms with E-state index in [0.29, 0.717) is 0 Å². The Kier molecular flexibility index (Phi) is 6.35. The van der Waals surface area contributed by atoms with Crippen molar-refractivity contribution in [3.8, 4) is 23.7 Å². The van der Waals surface area contributed by atoms with Crippen LogP contribution in [0.25, 0.3) is 0 Å². The van der Waals surface area contributed by atoms with Gasteiger partial charge in [-0.1, -0.05) is 56.4 Å². The van der Waals surface area contributed by atoms with E-state index in [0.717, 1.165) is 24.0 Å². The molecule has 0 N–H and O–H groups in total. The summed E-state index contributed by atoms with van der Waals surface area (Å²) in [4.78, 5) is 0. The SMILES string of the molecule is CCCCc1ccc(C#CC#Cc2ccc(CC)cc2)cc1. The van der Waals surface area contributed by atoms with Gasteiger partial charge in [0, 0.05) is 11.1 Å². The normalized spacial score (nSPS) is 9.36. The third kappa shape index (κ3) is 5.16. The first-order valence-electron chi connectivity index (χ1n) is 8.01. The number of unbranched alkanes of at least 4 members (excludes halogenated alkanes) is 1. The highest BCUT2D eigenvalue weighted by Gasteiger charge is 1.92.